The van der Waals surface area contributed by atoms with E-state index < -0.39 is 6.10 Å². The van der Waals surface area contributed by atoms with Crippen LogP contribution in [-0.4, -0.2) is 24.7 Å². The highest BCUT2D eigenvalue weighted by Crippen LogP contribution is 2.27. The number of amides is 1. The molecule has 5 heteroatoms. The van der Waals surface area contributed by atoms with Crippen molar-refractivity contribution in [3.8, 4) is 11.5 Å². The Balaban J connectivity index is 1.65. The van der Waals surface area contributed by atoms with Crippen LogP contribution in [0.5, 0.6) is 11.5 Å². The summed E-state index contributed by atoms with van der Waals surface area (Å²) in [6, 6.07) is 15.6. The van der Waals surface area contributed by atoms with Crippen molar-refractivity contribution in [2.24, 2.45) is 5.73 Å². The number of ether oxygens (including phenoxy) is 2. The lowest BCUT2D eigenvalue weighted by atomic mass is 10.1. The fraction of sp³-hybridized carbons (Fsp3) is 0.350. The smallest absolute Gasteiger partial charge is 0.249 e. The van der Waals surface area contributed by atoms with Gasteiger partial charge < -0.3 is 20.5 Å². The van der Waals surface area contributed by atoms with Gasteiger partial charge in [-0.15, -0.1) is 0 Å². The molecule has 1 aliphatic rings. The summed E-state index contributed by atoms with van der Waals surface area (Å²) in [7, 11) is 0. The summed E-state index contributed by atoms with van der Waals surface area (Å²) in [5.41, 5.74) is 7.62. The summed E-state index contributed by atoms with van der Waals surface area (Å²) in [6.45, 7) is 2.87. The van der Waals surface area contributed by atoms with Crippen LogP contribution in [-0.2, 0) is 16.1 Å². The first kappa shape index (κ1) is 17.5. The second-order valence-corrected chi connectivity index (χ2v) is 6.30. The second-order valence-electron chi connectivity index (χ2n) is 6.30. The number of nitrogens with one attached hydrogen (secondary N) is 1. The number of hydrogen-bond donors (Lipinski definition) is 2. The van der Waals surface area contributed by atoms with Crippen LogP contribution in [0.1, 0.15) is 24.0 Å². The molecule has 0 unspecified atom stereocenters. The maximum absolute atomic E-state index is 12.3. The van der Waals surface area contributed by atoms with E-state index in [4.69, 9.17) is 15.2 Å². The third kappa shape index (κ3) is 4.59. The van der Waals surface area contributed by atoms with E-state index in [1.807, 2.05) is 55.5 Å². The summed E-state index contributed by atoms with van der Waals surface area (Å²) >= 11 is 0. The molecule has 0 bridgehead atoms. The van der Waals surface area contributed by atoms with Crippen LogP contribution in [0.15, 0.2) is 48.5 Å². The van der Waals surface area contributed by atoms with E-state index in [2.05, 4.69) is 5.32 Å². The van der Waals surface area contributed by atoms with Crippen molar-refractivity contribution < 1.29 is 14.3 Å². The normalized spacial score (nSPS) is 19.6. The van der Waals surface area contributed by atoms with Crippen LogP contribution in [0.4, 0.5) is 0 Å². The van der Waals surface area contributed by atoms with Crippen LogP contribution in [0.25, 0.3) is 0 Å². The molecular formula is C20H24N2O3. The molecule has 1 heterocycles. The van der Waals surface area contributed by atoms with Gasteiger partial charge in [-0.3, -0.25) is 4.79 Å². The molecule has 1 aliphatic heterocycles. The van der Waals surface area contributed by atoms with E-state index in [9.17, 15) is 4.79 Å². The van der Waals surface area contributed by atoms with Crippen LogP contribution in [0, 0.1) is 6.92 Å². The largest absolute Gasteiger partial charge is 0.457 e. The SMILES string of the molecule is Cc1ccc(CNC(=O)[C@@H]2CC[C@H](CN)O2)c(Oc2ccccc2)c1. The molecule has 0 aliphatic carbocycles. The predicted octanol–water partition coefficient (Wildman–Crippen LogP) is 2.91. The highest BCUT2D eigenvalue weighted by atomic mass is 16.5. The number of carbonyl (C=O) groups is 1. The average molecular weight is 340 g/mol. The highest BCUT2D eigenvalue weighted by molar-refractivity contribution is 5.81. The number of nitrogens with two attached hydrogens (primary N) is 1. The van der Waals surface area contributed by atoms with Gasteiger partial charge in [0, 0.05) is 18.7 Å². The van der Waals surface area contributed by atoms with E-state index >= 15 is 0 Å². The van der Waals surface area contributed by atoms with Crippen molar-refractivity contribution >= 4 is 5.91 Å². The Morgan fingerprint density at radius 3 is 2.76 bits per heavy atom. The Hall–Kier alpha value is -2.37. The molecule has 2 aromatic rings. The third-order valence-electron chi connectivity index (χ3n) is 4.31. The summed E-state index contributed by atoms with van der Waals surface area (Å²) in [5, 5.41) is 2.95. The van der Waals surface area contributed by atoms with Crippen LogP contribution in [0.2, 0.25) is 0 Å². The molecule has 0 saturated carbocycles. The fourth-order valence-electron chi connectivity index (χ4n) is 2.89. The molecule has 1 amide bonds. The van der Waals surface area contributed by atoms with Gasteiger partial charge in [0.15, 0.2) is 0 Å². The van der Waals surface area contributed by atoms with E-state index in [1.165, 1.54) is 0 Å². The number of rotatable bonds is 6. The lowest BCUT2D eigenvalue weighted by molar-refractivity contribution is -0.132. The minimum Gasteiger partial charge on any atom is -0.457 e. The highest BCUT2D eigenvalue weighted by Gasteiger charge is 2.29. The first-order valence-electron chi connectivity index (χ1n) is 8.61. The second kappa shape index (κ2) is 8.14. The van der Waals surface area contributed by atoms with E-state index in [0.717, 1.165) is 35.5 Å². The van der Waals surface area contributed by atoms with Gasteiger partial charge in [0.2, 0.25) is 5.91 Å². The van der Waals surface area contributed by atoms with Crippen LogP contribution < -0.4 is 15.8 Å². The Morgan fingerprint density at radius 1 is 1.24 bits per heavy atom. The summed E-state index contributed by atoms with van der Waals surface area (Å²) in [4.78, 5) is 12.3. The van der Waals surface area contributed by atoms with Crippen molar-refractivity contribution in [2.45, 2.75) is 38.5 Å². The quantitative estimate of drug-likeness (QED) is 0.848. The van der Waals surface area contributed by atoms with Gasteiger partial charge in [-0.2, -0.15) is 0 Å². The monoisotopic (exact) mass is 340 g/mol. The molecule has 1 fully saturated rings. The standard InChI is InChI=1S/C20H24N2O3/c1-14-7-8-15(19(11-14)24-16-5-3-2-4-6-16)13-22-20(23)18-10-9-17(12-21)25-18/h2-8,11,17-18H,9-10,12-13,21H2,1H3,(H,22,23)/t17-,18+/m1/s1. The number of aryl methyl sites for hydroxylation is 1. The number of hydrogen-bond acceptors (Lipinski definition) is 4. The van der Waals surface area contributed by atoms with Crippen molar-refractivity contribution in [1.82, 2.24) is 5.32 Å². The molecule has 0 aromatic heterocycles. The topological polar surface area (TPSA) is 73.6 Å². The van der Waals surface area contributed by atoms with Gasteiger partial charge in [-0.25, -0.2) is 0 Å². The molecule has 0 radical (unpaired) electrons. The van der Waals surface area contributed by atoms with Gasteiger partial charge >= 0.3 is 0 Å². The molecular weight excluding hydrogens is 316 g/mol. The van der Waals surface area contributed by atoms with E-state index in [-0.39, 0.29) is 12.0 Å². The van der Waals surface area contributed by atoms with Crippen molar-refractivity contribution in [3.63, 3.8) is 0 Å². The Kier molecular flexibility index (Phi) is 5.68. The zero-order valence-electron chi connectivity index (χ0n) is 14.4. The minimum absolute atomic E-state index is 0.00732. The summed E-state index contributed by atoms with van der Waals surface area (Å²) in [5.74, 6) is 1.42. The maximum atomic E-state index is 12.3. The number of benzene rings is 2. The molecule has 3 N–H and O–H groups in total. The van der Waals surface area contributed by atoms with Crippen LogP contribution in [0.3, 0.4) is 0 Å². The van der Waals surface area contributed by atoms with Crippen molar-refractivity contribution in [3.05, 3.63) is 59.7 Å². The fourth-order valence-corrected chi connectivity index (χ4v) is 2.89. The molecule has 0 spiro atoms. The summed E-state index contributed by atoms with van der Waals surface area (Å²) in [6.07, 6.45) is 1.14. The van der Waals surface area contributed by atoms with Gasteiger partial charge in [0.1, 0.15) is 17.6 Å². The number of carbonyl (C=O) groups excluding carboxylic acids is 1. The maximum Gasteiger partial charge on any atom is 0.249 e. The predicted molar refractivity (Wildman–Crippen MR) is 96.5 cm³/mol. The zero-order chi connectivity index (χ0) is 17.6. The molecule has 25 heavy (non-hydrogen) atoms. The van der Waals surface area contributed by atoms with E-state index in [1.54, 1.807) is 0 Å². The van der Waals surface area contributed by atoms with Gasteiger partial charge in [-0.05, 0) is 43.5 Å². The molecule has 2 atom stereocenters. The molecule has 132 valence electrons. The van der Waals surface area contributed by atoms with Gasteiger partial charge in [0.05, 0.1) is 6.10 Å². The van der Waals surface area contributed by atoms with Crippen molar-refractivity contribution in [1.29, 1.82) is 0 Å². The van der Waals surface area contributed by atoms with Gasteiger partial charge in [-0.1, -0.05) is 30.3 Å². The van der Waals surface area contributed by atoms with E-state index in [0.29, 0.717) is 13.1 Å². The third-order valence-corrected chi connectivity index (χ3v) is 4.31. The summed E-state index contributed by atoms with van der Waals surface area (Å²) < 4.78 is 11.6. The first-order chi connectivity index (χ1) is 12.2. The van der Waals surface area contributed by atoms with Crippen molar-refractivity contribution in [2.75, 3.05) is 6.54 Å². The Bertz CT molecular complexity index is 718. The van der Waals surface area contributed by atoms with Gasteiger partial charge in [0.25, 0.3) is 0 Å². The minimum atomic E-state index is -0.405. The molecule has 2 aromatic carbocycles. The average Bonchev–Trinajstić information content (AvgIpc) is 3.11. The zero-order valence-corrected chi connectivity index (χ0v) is 14.4. The molecule has 1 saturated heterocycles. The molecule has 5 nitrogen and oxygen atoms in total. The lowest BCUT2D eigenvalue weighted by Crippen LogP contribution is -2.35. The number of para-hydroxylation sites is 1. The first-order valence-corrected chi connectivity index (χ1v) is 8.61. The lowest BCUT2D eigenvalue weighted by Gasteiger charge is -2.15. The molecule has 3 rings (SSSR count). The Labute approximate surface area is 148 Å². The van der Waals surface area contributed by atoms with Crippen LogP contribution >= 0.6 is 0 Å². The Morgan fingerprint density at radius 2 is 2.04 bits per heavy atom.